The summed E-state index contributed by atoms with van der Waals surface area (Å²) in [5, 5.41) is 1.04. The molecule has 0 bridgehead atoms. The van der Waals surface area contributed by atoms with Crippen LogP contribution in [-0.4, -0.2) is 17.1 Å². The fraction of sp³-hybridized carbons (Fsp3) is 0.0909. The summed E-state index contributed by atoms with van der Waals surface area (Å²) in [6.07, 6.45) is 0. The number of anilines is 1. The highest BCUT2D eigenvalue weighted by Crippen LogP contribution is 2.29. The molecule has 0 saturated carbocycles. The highest BCUT2D eigenvalue weighted by molar-refractivity contribution is 7.99. The summed E-state index contributed by atoms with van der Waals surface area (Å²) in [4.78, 5) is 8.89. The predicted octanol–water partition coefficient (Wildman–Crippen LogP) is 2.87. The topological polar surface area (TPSA) is 61.0 Å². The Labute approximate surface area is 108 Å². The first-order chi connectivity index (χ1) is 8.17. The Balaban J connectivity index is 2.24. The van der Waals surface area contributed by atoms with E-state index in [1.54, 1.807) is 13.2 Å². The van der Waals surface area contributed by atoms with Crippen molar-refractivity contribution >= 4 is 29.3 Å². The molecule has 2 aromatic rings. The molecule has 0 aliphatic carbocycles. The first-order valence-electron chi connectivity index (χ1n) is 4.79. The largest absolute Gasteiger partial charge is 0.497 e. The van der Waals surface area contributed by atoms with Crippen molar-refractivity contribution in [3.05, 3.63) is 35.5 Å². The second kappa shape index (κ2) is 5.25. The number of ether oxygens (including phenoxy) is 1. The van der Waals surface area contributed by atoms with Crippen LogP contribution < -0.4 is 10.5 Å². The van der Waals surface area contributed by atoms with Gasteiger partial charge in [0.2, 0.25) is 5.95 Å². The van der Waals surface area contributed by atoms with Crippen molar-refractivity contribution in [1.82, 2.24) is 9.97 Å². The normalized spacial score (nSPS) is 10.2. The summed E-state index contributed by atoms with van der Waals surface area (Å²) in [5.74, 6) is 0.964. The van der Waals surface area contributed by atoms with Crippen LogP contribution in [0.3, 0.4) is 0 Å². The molecule has 0 atom stereocenters. The fourth-order valence-electron chi connectivity index (χ4n) is 1.25. The average molecular weight is 268 g/mol. The van der Waals surface area contributed by atoms with E-state index in [0.29, 0.717) is 10.2 Å². The molecule has 1 aromatic carbocycles. The van der Waals surface area contributed by atoms with Gasteiger partial charge in [-0.25, -0.2) is 9.97 Å². The van der Waals surface area contributed by atoms with Crippen molar-refractivity contribution in [2.45, 2.75) is 9.92 Å². The number of benzene rings is 1. The molecule has 0 aliphatic rings. The van der Waals surface area contributed by atoms with E-state index >= 15 is 0 Å². The van der Waals surface area contributed by atoms with E-state index in [0.717, 1.165) is 10.6 Å². The highest BCUT2D eigenvalue weighted by atomic mass is 35.5. The Morgan fingerprint density at radius 1 is 1.29 bits per heavy atom. The molecule has 0 aliphatic heterocycles. The first-order valence-corrected chi connectivity index (χ1v) is 5.99. The maximum atomic E-state index is 5.81. The van der Waals surface area contributed by atoms with Crippen LogP contribution in [0.1, 0.15) is 0 Å². The van der Waals surface area contributed by atoms with Crippen molar-refractivity contribution in [2.24, 2.45) is 0 Å². The monoisotopic (exact) mass is 267 g/mol. The Kier molecular flexibility index (Phi) is 3.71. The maximum absolute atomic E-state index is 5.81. The molecular formula is C11H10ClN3OS. The summed E-state index contributed by atoms with van der Waals surface area (Å²) < 4.78 is 5.14. The number of halogens is 1. The van der Waals surface area contributed by atoms with Crippen molar-refractivity contribution in [3.8, 4) is 5.75 Å². The number of nitrogens with zero attached hydrogens (tertiary/aromatic N) is 2. The van der Waals surface area contributed by atoms with E-state index in [1.807, 2.05) is 24.3 Å². The zero-order valence-electron chi connectivity index (χ0n) is 9.05. The van der Waals surface area contributed by atoms with E-state index in [2.05, 4.69) is 9.97 Å². The lowest BCUT2D eigenvalue weighted by atomic mass is 10.3. The molecule has 6 heteroatoms. The fourth-order valence-corrected chi connectivity index (χ4v) is 2.38. The van der Waals surface area contributed by atoms with Gasteiger partial charge in [0.1, 0.15) is 15.9 Å². The molecular weight excluding hydrogens is 258 g/mol. The van der Waals surface area contributed by atoms with Crippen molar-refractivity contribution in [2.75, 3.05) is 12.8 Å². The van der Waals surface area contributed by atoms with Crippen LogP contribution in [0.15, 0.2) is 40.3 Å². The van der Waals surface area contributed by atoms with E-state index in [4.69, 9.17) is 22.1 Å². The van der Waals surface area contributed by atoms with Crippen LogP contribution in [0.25, 0.3) is 0 Å². The van der Waals surface area contributed by atoms with Crippen LogP contribution in [0, 0.1) is 0 Å². The van der Waals surface area contributed by atoms with Gasteiger partial charge in [0.25, 0.3) is 0 Å². The third kappa shape index (κ3) is 3.25. The van der Waals surface area contributed by atoms with Crippen LogP contribution in [0.4, 0.5) is 5.95 Å². The van der Waals surface area contributed by atoms with E-state index in [1.165, 1.54) is 11.8 Å². The summed E-state index contributed by atoms with van der Waals surface area (Å²) >= 11 is 7.26. The Morgan fingerprint density at radius 2 is 2.12 bits per heavy atom. The molecule has 17 heavy (non-hydrogen) atoms. The SMILES string of the molecule is COc1cccc(Sc2cc(Cl)nc(N)n2)c1. The van der Waals surface area contributed by atoms with Gasteiger partial charge in [-0.1, -0.05) is 29.4 Å². The minimum absolute atomic E-state index is 0.169. The molecule has 88 valence electrons. The number of nitrogen functional groups attached to an aromatic ring is 1. The molecule has 2 N–H and O–H groups in total. The third-order valence-electron chi connectivity index (χ3n) is 1.95. The lowest BCUT2D eigenvalue weighted by molar-refractivity contribution is 0.413. The summed E-state index contributed by atoms with van der Waals surface area (Å²) in [5.41, 5.74) is 5.52. The molecule has 0 spiro atoms. The number of methoxy groups -OCH3 is 1. The van der Waals surface area contributed by atoms with Gasteiger partial charge in [0.05, 0.1) is 7.11 Å². The zero-order valence-corrected chi connectivity index (χ0v) is 10.6. The number of hydrogen-bond acceptors (Lipinski definition) is 5. The molecule has 4 nitrogen and oxygen atoms in total. The van der Waals surface area contributed by atoms with Gasteiger partial charge in [0, 0.05) is 11.0 Å². The van der Waals surface area contributed by atoms with Crippen LogP contribution in [0.2, 0.25) is 5.15 Å². The molecule has 0 saturated heterocycles. The number of aromatic nitrogens is 2. The minimum Gasteiger partial charge on any atom is -0.497 e. The van der Waals surface area contributed by atoms with Crippen LogP contribution in [-0.2, 0) is 0 Å². The highest BCUT2D eigenvalue weighted by Gasteiger charge is 2.04. The summed E-state index contributed by atoms with van der Waals surface area (Å²) in [6.45, 7) is 0. The van der Waals surface area contributed by atoms with Crippen molar-refractivity contribution in [3.63, 3.8) is 0 Å². The Morgan fingerprint density at radius 3 is 2.82 bits per heavy atom. The van der Waals surface area contributed by atoms with Gasteiger partial charge in [-0.3, -0.25) is 0 Å². The number of rotatable bonds is 3. The smallest absolute Gasteiger partial charge is 0.222 e. The molecule has 0 radical (unpaired) electrons. The molecule has 0 unspecified atom stereocenters. The molecule has 0 fully saturated rings. The zero-order chi connectivity index (χ0) is 12.3. The van der Waals surface area contributed by atoms with Gasteiger partial charge in [-0.15, -0.1) is 0 Å². The molecule has 1 aromatic heterocycles. The van der Waals surface area contributed by atoms with E-state index in [-0.39, 0.29) is 5.95 Å². The van der Waals surface area contributed by atoms with Crippen LogP contribution >= 0.6 is 23.4 Å². The Bertz CT molecular complexity index is 516. The molecule has 1 heterocycles. The first kappa shape index (κ1) is 12.0. The van der Waals surface area contributed by atoms with Gasteiger partial charge in [-0.05, 0) is 18.2 Å². The van der Waals surface area contributed by atoms with Gasteiger partial charge in [-0.2, -0.15) is 0 Å². The average Bonchev–Trinajstić information content (AvgIpc) is 2.28. The molecule has 0 amide bonds. The third-order valence-corrected chi connectivity index (χ3v) is 3.05. The minimum atomic E-state index is 0.169. The van der Waals surface area contributed by atoms with E-state index in [9.17, 15) is 0 Å². The Hall–Kier alpha value is -1.46. The summed E-state index contributed by atoms with van der Waals surface area (Å²) in [7, 11) is 1.63. The predicted molar refractivity (Wildman–Crippen MR) is 68.6 cm³/mol. The van der Waals surface area contributed by atoms with Crippen molar-refractivity contribution < 1.29 is 4.74 Å². The second-order valence-corrected chi connectivity index (χ2v) is 4.65. The molecule has 2 rings (SSSR count). The maximum Gasteiger partial charge on any atom is 0.222 e. The van der Waals surface area contributed by atoms with Crippen molar-refractivity contribution in [1.29, 1.82) is 0 Å². The standard InChI is InChI=1S/C11H10ClN3OS/c1-16-7-3-2-4-8(5-7)17-10-6-9(12)14-11(13)15-10/h2-6H,1H3,(H2,13,14,15). The quantitative estimate of drug-likeness (QED) is 0.867. The number of hydrogen-bond donors (Lipinski definition) is 1. The van der Waals surface area contributed by atoms with Gasteiger partial charge < -0.3 is 10.5 Å². The number of nitrogens with two attached hydrogens (primary N) is 1. The van der Waals surface area contributed by atoms with E-state index < -0.39 is 0 Å². The van der Waals surface area contributed by atoms with Gasteiger partial charge in [0.15, 0.2) is 0 Å². The van der Waals surface area contributed by atoms with Gasteiger partial charge >= 0.3 is 0 Å². The summed E-state index contributed by atoms with van der Waals surface area (Å²) in [6, 6.07) is 9.33. The second-order valence-electron chi connectivity index (χ2n) is 3.17. The lowest BCUT2D eigenvalue weighted by Gasteiger charge is -2.04. The van der Waals surface area contributed by atoms with Crippen LogP contribution in [0.5, 0.6) is 5.75 Å². The lowest BCUT2D eigenvalue weighted by Crippen LogP contribution is -1.95.